The van der Waals surface area contributed by atoms with Gasteiger partial charge in [0, 0.05) is 23.9 Å². The van der Waals surface area contributed by atoms with Crippen LogP contribution in [-0.2, 0) is 15.6 Å². The second-order valence-electron chi connectivity index (χ2n) is 7.95. The molecule has 0 aliphatic heterocycles. The van der Waals surface area contributed by atoms with E-state index >= 15 is 0 Å². The van der Waals surface area contributed by atoms with Crippen LogP contribution in [0.1, 0.15) is 37.0 Å². The van der Waals surface area contributed by atoms with E-state index in [1.807, 2.05) is 6.07 Å². The fourth-order valence-corrected chi connectivity index (χ4v) is 5.14. The van der Waals surface area contributed by atoms with Gasteiger partial charge in [0.1, 0.15) is 35.0 Å². The van der Waals surface area contributed by atoms with E-state index in [0.29, 0.717) is 5.56 Å². The predicted molar refractivity (Wildman–Crippen MR) is 124 cm³/mol. The summed E-state index contributed by atoms with van der Waals surface area (Å²) >= 11 is 0. The predicted octanol–water partition coefficient (Wildman–Crippen LogP) is 3.98. The van der Waals surface area contributed by atoms with Gasteiger partial charge < -0.3 is 0 Å². The summed E-state index contributed by atoms with van der Waals surface area (Å²) in [4.78, 5) is 8.19. The Bertz CT molecular complexity index is 1480. The third kappa shape index (κ3) is 4.79. The number of para-hydroxylation sites is 1. The zero-order valence-electron chi connectivity index (χ0n) is 18.8. The Kier molecular flexibility index (Phi) is 6.66. The molecule has 2 aromatic heterocycles. The molecule has 8 nitrogen and oxygen atoms in total. The fourth-order valence-electron chi connectivity index (χ4n) is 3.59. The Balaban J connectivity index is 1.76. The minimum absolute atomic E-state index is 0.107. The molecule has 2 heterocycles. The molecule has 0 aliphatic carbocycles. The first-order chi connectivity index (χ1) is 16.7. The van der Waals surface area contributed by atoms with E-state index in [-0.39, 0.29) is 23.0 Å². The number of benzene rings is 2. The van der Waals surface area contributed by atoms with Crippen molar-refractivity contribution in [1.82, 2.24) is 24.7 Å². The summed E-state index contributed by atoms with van der Waals surface area (Å²) in [5, 5.41) is 16.0. The molecule has 0 radical (unpaired) electrons. The molecule has 2 aromatic carbocycles. The highest BCUT2D eigenvalue weighted by molar-refractivity contribution is 7.91. The highest BCUT2D eigenvalue weighted by Crippen LogP contribution is 2.29. The molecule has 0 bridgehead atoms. The van der Waals surface area contributed by atoms with Crippen molar-refractivity contribution in [3.8, 4) is 23.1 Å². The molecule has 35 heavy (non-hydrogen) atoms. The molecule has 4 rings (SSSR count). The number of halogens is 2. The molecule has 0 spiro atoms. The molecule has 4 aromatic rings. The Morgan fingerprint density at radius 2 is 1.60 bits per heavy atom. The lowest BCUT2D eigenvalue weighted by Crippen LogP contribution is -2.27. The fraction of sp³-hybridized carbons (Fsp3) is 0.208. The maximum absolute atomic E-state index is 14.8. The Morgan fingerprint density at radius 1 is 0.971 bits per heavy atom. The van der Waals surface area contributed by atoms with Gasteiger partial charge in [-0.3, -0.25) is 4.57 Å². The van der Waals surface area contributed by atoms with Gasteiger partial charge in [-0.05, 0) is 19.1 Å². The molecule has 0 N–H and O–H groups in total. The van der Waals surface area contributed by atoms with E-state index in [4.69, 9.17) is 5.26 Å². The molecule has 11 heteroatoms. The highest BCUT2D eigenvalue weighted by Gasteiger charge is 2.32. The maximum atomic E-state index is 14.8. The van der Waals surface area contributed by atoms with Crippen LogP contribution in [0.4, 0.5) is 8.78 Å². The van der Waals surface area contributed by atoms with Crippen molar-refractivity contribution in [2.75, 3.05) is 0 Å². The molecular weight excluding hydrogens is 474 g/mol. The molecule has 0 unspecified atom stereocenters. The number of rotatable bonds is 7. The molecule has 0 amide bonds. The van der Waals surface area contributed by atoms with E-state index < -0.39 is 44.1 Å². The van der Waals surface area contributed by atoms with Crippen LogP contribution in [0.25, 0.3) is 17.1 Å². The van der Waals surface area contributed by atoms with Crippen molar-refractivity contribution in [2.24, 2.45) is 0 Å². The van der Waals surface area contributed by atoms with Crippen LogP contribution in [0.5, 0.6) is 0 Å². The van der Waals surface area contributed by atoms with Crippen molar-refractivity contribution in [2.45, 2.75) is 30.8 Å². The van der Waals surface area contributed by atoms with Crippen LogP contribution >= 0.6 is 0 Å². The second kappa shape index (κ2) is 9.68. The van der Waals surface area contributed by atoms with Gasteiger partial charge in [-0.2, -0.15) is 5.26 Å². The third-order valence-corrected chi connectivity index (χ3v) is 7.93. The zero-order chi connectivity index (χ0) is 25.2. The summed E-state index contributed by atoms with van der Waals surface area (Å²) in [6.07, 6.45) is 2.64. The van der Waals surface area contributed by atoms with Crippen LogP contribution in [0, 0.1) is 23.0 Å². The number of nitrogens with zero attached hydrogens (tertiary/aromatic N) is 6. The normalized spacial score (nSPS) is 13.2. The number of aromatic nitrogens is 5. The van der Waals surface area contributed by atoms with Gasteiger partial charge in [-0.1, -0.05) is 43.3 Å². The number of hydrogen-bond donors (Lipinski definition) is 0. The number of nitriles is 1. The quantitative estimate of drug-likeness (QED) is 0.382. The summed E-state index contributed by atoms with van der Waals surface area (Å²) in [6, 6.07) is 13.9. The monoisotopic (exact) mass is 494 g/mol. The summed E-state index contributed by atoms with van der Waals surface area (Å²) in [5.74, 6) is -2.78. The summed E-state index contributed by atoms with van der Waals surface area (Å²) in [5.41, 5.74) is 0.307. The van der Waals surface area contributed by atoms with E-state index in [2.05, 4.69) is 20.2 Å². The topological polar surface area (TPSA) is 114 Å². The molecular formula is C24H20F2N6O2S. The number of sulfone groups is 1. The first kappa shape index (κ1) is 24.1. The van der Waals surface area contributed by atoms with Crippen molar-refractivity contribution in [1.29, 1.82) is 5.26 Å². The molecule has 0 aliphatic rings. The lowest BCUT2D eigenvalue weighted by Gasteiger charge is -2.19. The van der Waals surface area contributed by atoms with Crippen LogP contribution in [0.2, 0.25) is 0 Å². The van der Waals surface area contributed by atoms with E-state index in [1.165, 1.54) is 25.4 Å². The lowest BCUT2D eigenvalue weighted by atomic mass is 10.1. The third-order valence-electron chi connectivity index (χ3n) is 5.73. The lowest BCUT2D eigenvalue weighted by molar-refractivity contribution is 0.555. The summed E-state index contributed by atoms with van der Waals surface area (Å²) in [7, 11) is -3.91. The smallest absolute Gasteiger partial charge is 0.168 e. The van der Waals surface area contributed by atoms with Crippen LogP contribution < -0.4 is 0 Å². The molecule has 0 saturated carbocycles. The Morgan fingerprint density at radius 3 is 2.20 bits per heavy atom. The van der Waals surface area contributed by atoms with Crippen molar-refractivity contribution in [3.63, 3.8) is 0 Å². The zero-order valence-corrected chi connectivity index (χ0v) is 19.6. The van der Waals surface area contributed by atoms with Crippen LogP contribution in [0.3, 0.4) is 0 Å². The van der Waals surface area contributed by atoms with Gasteiger partial charge >= 0.3 is 0 Å². The molecule has 0 fully saturated rings. The minimum Gasteiger partial charge on any atom is -0.272 e. The van der Waals surface area contributed by atoms with Gasteiger partial charge in [0.2, 0.25) is 0 Å². The van der Waals surface area contributed by atoms with Gasteiger partial charge in [-0.15, -0.1) is 10.2 Å². The van der Waals surface area contributed by atoms with Crippen LogP contribution in [0.15, 0.2) is 60.9 Å². The SMILES string of the molecule is C[C@H](c1ncc(C#N)cn1)[C@H](C)S(=O)(=O)Cc1nnc(-c2ccccc2)n1-c1c(F)cccc1F. The first-order valence-corrected chi connectivity index (χ1v) is 12.3. The summed E-state index contributed by atoms with van der Waals surface area (Å²) < 4.78 is 57.4. The van der Waals surface area contributed by atoms with Gasteiger partial charge in [0.15, 0.2) is 21.5 Å². The van der Waals surface area contributed by atoms with E-state index in [9.17, 15) is 17.2 Å². The Labute approximate surface area is 200 Å². The highest BCUT2D eigenvalue weighted by atomic mass is 32.2. The van der Waals surface area contributed by atoms with Gasteiger partial charge in [0.05, 0.1) is 10.8 Å². The standard InChI is InChI=1S/C24H20F2N6O2S/c1-15(23-28-12-17(11-27)13-29-23)16(2)35(33,34)14-21-30-31-24(18-7-4-3-5-8-18)32(21)22-19(25)9-6-10-20(22)26/h3-10,12-13,15-16H,14H2,1-2H3/t15-,16-/m0/s1. The minimum atomic E-state index is -3.91. The first-order valence-electron chi connectivity index (χ1n) is 10.6. The van der Waals surface area contributed by atoms with Gasteiger partial charge in [-0.25, -0.2) is 27.2 Å². The molecule has 0 saturated heterocycles. The largest absolute Gasteiger partial charge is 0.272 e. The van der Waals surface area contributed by atoms with Crippen molar-refractivity contribution in [3.05, 3.63) is 89.8 Å². The average Bonchev–Trinajstić information content (AvgIpc) is 3.26. The molecule has 178 valence electrons. The van der Waals surface area contributed by atoms with E-state index in [1.54, 1.807) is 37.3 Å². The van der Waals surface area contributed by atoms with Gasteiger partial charge in [0.25, 0.3) is 0 Å². The van der Waals surface area contributed by atoms with E-state index in [0.717, 1.165) is 16.7 Å². The van der Waals surface area contributed by atoms with Crippen molar-refractivity contribution >= 4 is 9.84 Å². The summed E-state index contributed by atoms with van der Waals surface area (Å²) in [6.45, 7) is 3.16. The number of hydrogen-bond acceptors (Lipinski definition) is 7. The Hall–Kier alpha value is -4.04. The van der Waals surface area contributed by atoms with Crippen LogP contribution in [-0.4, -0.2) is 38.4 Å². The van der Waals surface area contributed by atoms with Crippen molar-refractivity contribution < 1.29 is 17.2 Å². The molecule has 2 atom stereocenters. The maximum Gasteiger partial charge on any atom is 0.168 e. The average molecular weight is 495 g/mol. The second-order valence-corrected chi connectivity index (χ2v) is 10.3.